The van der Waals surface area contributed by atoms with Crippen LogP contribution in [-0.4, -0.2) is 13.1 Å². The van der Waals surface area contributed by atoms with Gasteiger partial charge in [-0.3, -0.25) is 0 Å². The van der Waals surface area contributed by atoms with Gasteiger partial charge in [0.2, 0.25) is 0 Å². The average molecular weight is 221 g/mol. The Morgan fingerprint density at radius 1 is 1.47 bits per heavy atom. The Bertz CT molecular complexity index is 537. The Morgan fingerprint density at radius 3 is 3.20 bits per heavy atom. The Kier molecular flexibility index (Phi) is 2.11. The number of nitrogens with one attached hydrogen (secondary N) is 1. The largest absolute Gasteiger partial charge is 0.414 e. The van der Waals surface area contributed by atoms with Gasteiger partial charge in [0.1, 0.15) is 0 Å². The first-order chi connectivity index (χ1) is 7.34. The Balaban J connectivity index is 2.20. The first kappa shape index (κ1) is 9.12. The minimum Gasteiger partial charge on any atom is -0.414 e. The van der Waals surface area contributed by atoms with Crippen LogP contribution in [0.15, 0.2) is 27.4 Å². The van der Waals surface area contributed by atoms with E-state index in [0.29, 0.717) is 5.92 Å². The van der Waals surface area contributed by atoms with Crippen molar-refractivity contribution in [1.29, 1.82) is 0 Å². The number of fused-ring (bicyclic) bond motifs is 1. The zero-order chi connectivity index (χ0) is 10.3. The van der Waals surface area contributed by atoms with Crippen LogP contribution in [0.5, 0.6) is 0 Å². The molecule has 1 aliphatic heterocycles. The second-order valence-electron chi connectivity index (χ2n) is 3.82. The van der Waals surface area contributed by atoms with Gasteiger partial charge in [-0.05, 0) is 19.0 Å². The van der Waals surface area contributed by atoms with Crippen molar-refractivity contribution in [2.75, 3.05) is 13.1 Å². The number of hydrogen-bond acceptors (Lipinski definition) is 4. The molecule has 1 fully saturated rings. The zero-order valence-electron chi connectivity index (χ0n) is 8.16. The molecule has 4 heteroatoms. The van der Waals surface area contributed by atoms with E-state index < -0.39 is 0 Å². The molecule has 1 unspecified atom stereocenters. The molecule has 0 aliphatic carbocycles. The molecule has 2 aromatic rings. The third-order valence-electron chi connectivity index (χ3n) is 2.89. The van der Waals surface area contributed by atoms with Crippen LogP contribution in [0, 0.1) is 0 Å². The van der Waals surface area contributed by atoms with Crippen molar-refractivity contribution in [3.8, 4) is 0 Å². The summed E-state index contributed by atoms with van der Waals surface area (Å²) in [6.45, 7) is 2.04. The number of hydrogen-bond donors (Lipinski definition) is 1. The molecule has 0 radical (unpaired) electrons. The lowest BCUT2D eigenvalue weighted by atomic mass is 9.98. The molecule has 1 atom stereocenters. The minimum atomic E-state index is -0.205. The van der Waals surface area contributed by atoms with Crippen LogP contribution >= 0.6 is 11.3 Å². The summed E-state index contributed by atoms with van der Waals surface area (Å²) in [6, 6.07) is 6.01. The van der Waals surface area contributed by atoms with Gasteiger partial charge in [0.15, 0.2) is 5.58 Å². The number of rotatable bonds is 1. The molecule has 1 saturated heterocycles. The molecule has 0 amide bonds. The predicted octanol–water partition coefficient (Wildman–Crippen LogP) is 1.93. The summed E-state index contributed by atoms with van der Waals surface area (Å²) in [7, 11) is 0. The maximum absolute atomic E-state index is 11.2. The smallest absolute Gasteiger partial charge is 0.396 e. The van der Waals surface area contributed by atoms with Crippen LogP contribution in [0.3, 0.4) is 0 Å². The van der Waals surface area contributed by atoms with Crippen molar-refractivity contribution in [2.24, 2.45) is 0 Å². The summed E-state index contributed by atoms with van der Waals surface area (Å²) in [4.78, 5) is 11.0. The van der Waals surface area contributed by atoms with E-state index in [0.717, 1.165) is 29.8 Å². The number of benzene rings is 1. The van der Waals surface area contributed by atoms with Gasteiger partial charge in [0.05, 0.1) is 4.70 Å². The summed E-state index contributed by atoms with van der Waals surface area (Å²) < 4.78 is 6.21. The van der Waals surface area contributed by atoms with E-state index in [1.807, 2.05) is 12.1 Å². The van der Waals surface area contributed by atoms with Gasteiger partial charge in [0, 0.05) is 18.0 Å². The molecular formula is C11H11NO2S. The predicted molar refractivity (Wildman–Crippen MR) is 60.6 cm³/mol. The molecule has 1 aromatic carbocycles. The van der Waals surface area contributed by atoms with Gasteiger partial charge in [0.25, 0.3) is 0 Å². The van der Waals surface area contributed by atoms with Crippen molar-refractivity contribution in [3.63, 3.8) is 0 Å². The second-order valence-corrected chi connectivity index (χ2v) is 4.80. The highest BCUT2D eigenvalue weighted by molar-refractivity contribution is 7.16. The van der Waals surface area contributed by atoms with Crippen molar-refractivity contribution < 1.29 is 4.42 Å². The van der Waals surface area contributed by atoms with E-state index in [9.17, 15) is 4.79 Å². The van der Waals surface area contributed by atoms with Gasteiger partial charge in [-0.15, -0.1) is 0 Å². The third kappa shape index (κ3) is 1.50. The lowest BCUT2D eigenvalue weighted by molar-refractivity contribution is 0.575. The monoisotopic (exact) mass is 221 g/mol. The number of para-hydroxylation sites is 1. The van der Waals surface area contributed by atoms with E-state index in [1.165, 1.54) is 16.9 Å². The molecule has 78 valence electrons. The third-order valence-corrected chi connectivity index (χ3v) is 3.68. The van der Waals surface area contributed by atoms with Gasteiger partial charge >= 0.3 is 4.94 Å². The highest BCUT2D eigenvalue weighted by Crippen LogP contribution is 2.30. The standard InChI is InChI=1S/C11H11NO2S/c13-11-14-10-8(7-4-5-12-6-7)2-1-3-9(10)15-11/h1-3,7,12H,4-6H2. The maximum Gasteiger partial charge on any atom is 0.396 e. The van der Waals surface area contributed by atoms with Crippen LogP contribution in [-0.2, 0) is 0 Å². The molecule has 2 heterocycles. The van der Waals surface area contributed by atoms with E-state index in [1.54, 1.807) is 0 Å². The van der Waals surface area contributed by atoms with Gasteiger partial charge in [-0.1, -0.05) is 23.5 Å². The molecule has 1 aliphatic rings. The van der Waals surface area contributed by atoms with E-state index in [4.69, 9.17) is 4.42 Å². The maximum atomic E-state index is 11.2. The Hall–Kier alpha value is -1.13. The van der Waals surface area contributed by atoms with Crippen LogP contribution in [0.25, 0.3) is 10.3 Å². The SMILES string of the molecule is O=c1oc2c(C3CCNC3)cccc2s1. The first-order valence-corrected chi connectivity index (χ1v) is 5.89. The first-order valence-electron chi connectivity index (χ1n) is 5.08. The Labute approximate surface area is 90.7 Å². The molecular weight excluding hydrogens is 210 g/mol. The molecule has 0 spiro atoms. The fourth-order valence-corrected chi connectivity index (χ4v) is 2.86. The van der Waals surface area contributed by atoms with Gasteiger partial charge in [-0.2, -0.15) is 0 Å². The van der Waals surface area contributed by atoms with Crippen molar-refractivity contribution in [3.05, 3.63) is 33.5 Å². The lowest BCUT2D eigenvalue weighted by Crippen LogP contribution is -2.08. The van der Waals surface area contributed by atoms with Gasteiger partial charge in [-0.25, -0.2) is 4.79 Å². The van der Waals surface area contributed by atoms with E-state index in [2.05, 4.69) is 11.4 Å². The Morgan fingerprint density at radius 2 is 2.40 bits per heavy atom. The van der Waals surface area contributed by atoms with Crippen LogP contribution in [0.1, 0.15) is 17.9 Å². The summed E-state index contributed by atoms with van der Waals surface area (Å²) in [5.41, 5.74) is 1.97. The molecule has 1 aromatic heterocycles. The average Bonchev–Trinajstić information content (AvgIpc) is 2.82. The fourth-order valence-electron chi connectivity index (χ4n) is 2.16. The molecule has 1 N–H and O–H groups in total. The van der Waals surface area contributed by atoms with Crippen molar-refractivity contribution in [2.45, 2.75) is 12.3 Å². The molecule has 3 nitrogen and oxygen atoms in total. The normalized spacial score (nSPS) is 21.2. The van der Waals surface area contributed by atoms with Crippen LogP contribution in [0.4, 0.5) is 0 Å². The van der Waals surface area contributed by atoms with Crippen molar-refractivity contribution >= 4 is 21.6 Å². The fraction of sp³-hybridized carbons (Fsp3) is 0.364. The summed E-state index contributed by atoms with van der Waals surface area (Å²) >= 11 is 1.18. The highest BCUT2D eigenvalue weighted by Gasteiger charge is 2.20. The van der Waals surface area contributed by atoms with Crippen molar-refractivity contribution in [1.82, 2.24) is 5.32 Å². The summed E-state index contributed by atoms with van der Waals surface area (Å²) in [6.07, 6.45) is 1.12. The summed E-state index contributed by atoms with van der Waals surface area (Å²) in [5.74, 6) is 0.492. The van der Waals surface area contributed by atoms with Crippen LogP contribution in [0.2, 0.25) is 0 Å². The molecule has 0 saturated carbocycles. The summed E-state index contributed by atoms with van der Waals surface area (Å²) in [5, 5.41) is 3.33. The minimum absolute atomic E-state index is 0.205. The topological polar surface area (TPSA) is 42.2 Å². The highest BCUT2D eigenvalue weighted by atomic mass is 32.1. The molecule has 3 rings (SSSR count). The quantitative estimate of drug-likeness (QED) is 0.800. The zero-order valence-corrected chi connectivity index (χ0v) is 8.97. The van der Waals surface area contributed by atoms with Gasteiger partial charge < -0.3 is 9.73 Å². The molecule has 15 heavy (non-hydrogen) atoms. The van der Waals surface area contributed by atoms with E-state index >= 15 is 0 Å². The second kappa shape index (κ2) is 3.47. The van der Waals surface area contributed by atoms with E-state index in [-0.39, 0.29) is 4.94 Å². The van der Waals surface area contributed by atoms with Crippen LogP contribution < -0.4 is 10.3 Å². The molecule has 0 bridgehead atoms. The lowest BCUT2D eigenvalue weighted by Gasteiger charge is -2.07.